The van der Waals surface area contributed by atoms with Crippen molar-refractivity contribution in [3.63, 3.8) is 0 Å². The molecule has 0 spiro atoms. The molecular formula is C14H16N2O3S. The fraction of sp³-hybridized carbons (Fsp3) is 0.357. The van der Waals surface area contributed by atoms with E-state index in [1.807, 2.05) is 30.5 Å². The second-order valence-electron chi connectivity index (χ2n) is 4.60. The van der Waals surface area contributed by atoms with Gasteiger partial charge in [0.05, 0.1) is 5.92 Å². The van der Waals surface area contributed by atoms with Crippen LogP contribution in [0.1, 0.15) is 25.7 Å². The zero-order valence-corrected chi connectivity index (χ0v) is 12.3. The molecule has 1 aromatic heterocycles. The van der Waals surface area contributed by atoms with E-state index in [9.17, 15) is 4.79 Å². The van der Waals surface area contributed by atoms with E-state index in [0.29, 0.717) is 11.7 Å². The minimum atomic E-state index is -0.874. The summed E-state index contributed by atoms with van der Waals surface area (Å²) >= 11 is 1.66. The Morgan fingerprint density at radius 1 is 1.30 bits per heavy atom. The lowest BCUT2D eigenvalue weighted by Crippen LogP contribution is -2.16. The molecule has 5 nitrogen and oxygen atoms in total. The van der Waals surface area contributed by atoms with Crippen molar-refractivity contribution in [3.05, 3.63) is 30.2 Å². The van der Waals surface area contributed by atoms with Crippen molar-refractivity contribution in [2.45, 2.75) is 24.7 Å². The second kappa shape index (κ2) is 6.09. The molecule has 2 rings (SSSR count). The SMILES string of the molecule is CSc1ccc(-c2noc(C(C)C(C)C(=O)O)n2)cc1. The van der Waals surface area contributed by atoms with Crippen LogP contribution < -0.4 is 0 Å². The van der Waals surface area contributed by atoms with Gasteiger partial charge in [-0.05, 0) is 30.5 Å². The van der Waals surface area contributed by atoms with E-state index < -0.39 is 11.9 Å². The van der Waals surface area contributed by atoms with Gasteiger partial charge in [0, 0.05) is 16.4 Å². The van der Waals surface area contributed by atoms with Crippen LogP contribution in [0.2, 0.25) is 0 Å². The fourth-order valence-corrected chi connectivity index (χ4v) is 2.11. The van der Waals surface area contributed by atoms with Crippen LogP contribution in [0.4, 0.5) is 0 Å². The molecular weight excluding hydrogens is 276 g/mol. The molecule has 2 atom stereocenters. The summed E-state index contributed by atoms with van der Waals surface area (Å²) < 4.78 is 5.18. The Hall–Kier alpha value is -1.82. The van der Waals surface area contributed by atoms with Crippen LogP contribution in [-0.4, -0.2) is 27.5 Å². The van der Waals surface area contributed by atoms with Gasteiger partial charge in [0.25, 0.3) is 0 Å². The molecule has 0 fully saturated rings. The highest BCUT2D eigenvalue weighted by molar-refractivity contribution is 7.98. The summed E-state index contributed by atoms with van der Waals surface area (Å²) in [6, 6.07) is 7.82. The predicted octanol–water partition coefficient (Wildman–Crippen LogP) is 3.28. The molecule has 6 heteroatoms. The molecule has 1 N–H and O–H groups in total. The highest BCUT2D eigenvalue weighted by Gasteiger charge is 2.26. The van der Waals surface area contributed by atoms with E-state index in [2.05, 4.69) is 10.1 Å². The number of carbonyl (C=O) groups is 1. The van der Waals surface area contributed by atoms with Crippen LogP contribution in [-0.2, 0) is 4.79 Å². The van der Waals surface area contributed by atoms with Crippen LogP contribution in [0.3, 0.4) is 0 Å². The Morgan fingerprint density at radius 2 is 1.95 bits per heavy atom. The van der Waals surface area contributed by atoms with Crippen LogP contribution in [0, 0.1) is 5.92 Å². The summed E-state index contributed by atoms with van der Waals surface area (Å²) in [4.78, 5) is 16.4. The zero-order valence-electron chi connectivity index (χ0n) is 11.5. The monoisotopic (exact) mass is 292 g/mol. The van der Waals surface area contributed by atoms with Gasteiger partial charge in [0.15, 0.2) is 0 Å². The molecule has 0 aliphatic carbocycles. The van der Waals surface area contributed by atoms with E-state index in [-0.39, 0.29) is 5.92 Å². The number of aromatic nitrogens is 2. The van der Waals surface area contributed by atoms with Crippen molar-refractivity contribution in [3.8, 4) is 11.4 Å². The lowest BCUT2D eigenvalue weighted by atomic mass is 9.96. The quantitative estimate of drug-likeness (QED) is 0.852. The van der Waals surface area contributed by atoms with Crippen molar-refractivity contribution in [2.75, 3.05) is 6.26 Å². The van der Waals surface area contributed by atoms with Crippen molar-refractivity contribution in [1.82, 2.24) is 10.1 Å². The summed E-state index contributed by atoms with van der Waals surface area (Å²) in [7, 11) is 0. The van der Waals surface area contributed by atoms with Gasteiger partial charge in [-0.1, -0.05) is 19.0 Å². The van der Waals surface area contributed by atoms with E-state index >= 15 is 0 Å². The maximum absolute atomic E-state index is 11.0. The van der Waals surface area contributed by atoms with E-state index in [1.165, 1.54) is 0 Å². The highest BCUT2D eigenvalue weighted by atomic mass is 32.2. The minimum Gasteiger partial charge on any atom is -0.481 e. The first-order chi connectivity index (χ1) is 9.52. The van der Waals surface area contributed by atoms with Crippen molar-refractivity contribution >= 4 is 17.7 Å². The Balaban J connectivity index is 2.21. The van der Waals surface area contributed by atoms with Gasteiger partial charge in [-0.15, -0.1) is 11.8 Å². The number of thioether (sulfide) groups is 1. The number of hydrogen-bond donors (Lipinski definition) is 1. The van der Waals surface area contributed by atoms with Crippen LogP contribution in [0.5, 0.6) is 0 Å². The second-order valence-corrected chi connectivity index (χ2v) is 5.48. The Labute approximate surface area is 121 Å². The standard InChI is InChI=1S/C14H16N2O3S/c1-8(9(2)14(17)18)13-15-12(16-19-13)10-4-6-11(20-3)7-5-10/h4-9H,1-3H3,(H,17,18). The number of nitrogens with zero attached hydrogens (tertiary/aromatic N) is 2. The average molecular weight is 292 g/mol. The van der Waals surface area contributed by atoms with Gasteiger partial charge in [-0.3, -0.25) is 4.79 Å². The van der Waals surface area contributed by atoms with Gasteiger partial charge in [-0.2, -0.15) is 4.98 Å². The smallest absolute Gasteiger partial charge is 0.307 e. The van der Waals surface area contributed by atoms with Gasteiger partial charge >= 0.3 is 5.97 Å². The minimum absolute atomic E-state index is 0.320. The first-order valence-electron chi connectivity index (χ1n) is 6.23. The van der Waals surface area contributed by atoms with Gasteiger partial charge in [0.2, 0.25) is 11.7 Å². The summed E-state index contributed by atoms with van der Waals surface area (Å²) in [5.41, 5.74) is 0.855. The van der Waals surface area contributed by atoms with E-state index in [1.54, 1.807) is 25.6 Å². The molecule has 2 unspecified atom stereocenters. The summed E-state index contributed by atoms with van der Waals surface area (Å²) in [5, 5.41) is 12.9. The maximum atomic E-state index is 11.0. The number of hydrogen-bond acceptors (Lipinski definition) is 5. The van der Waals surface area contributed by atoms with Crippen molar-refractivity contribution < 1.29 is 14.4 Å². The third kappa shape index (κ3) is 3.01. The molecule has 1 aromatic carbocycles. The molecule has 20 heavy (non-hydrogen) atoms. The molecule has 0 amide bonds. The maximum Gasteiger partial charge on any atom is 0.307 e. The molecule has 0 saturated heterocycles. The van der Waals surface area contributed by atoms with E-state index in [4.69, 9.17) is 9.63 Å². The average Bonchev–Trinajstić information content (AvgIpc) is 2.95. The van der Waals surface area contributed by atoms with E-state index in [0.717, 1.165) is 10.5 Å². The molecule has 0 aliphatic rings. The number of aliphatic carboxylic acids is 1. The Kier molecular flexibility index (Phi) is 4.44. The topological polar surface area (TPSA) is 76.2 Å². The van der Waals surface area contributed by atoms with Gasteiger partial charge in [-0.25, -0.2) is 0 Å². The molecule has 0 radical (unpaired) electrons. The van der Waals surface area contributed by atoms with Crippen LogP contribution >= 0.6 is 11.8 Å². The third-order valence-electron chi connectivity index (χ3n) is 3.32. The fourth-order valence-electron chi connectivity index (χ4n) is 1.71. The van der Waals surface area contributed by atoms with Crippen molar-refractivity contribution in [1.29, 1.82) is 0 Å². The zero-order chi connectivity index (χ0) is 14.7. The number of rotatable bonds is 5. The van der Waals surface area contributed by atoms with Gasteiger partial charge in [0.1, 0.15) is 0 Å². The molecule has 1 heterocycles. The third-order valence-corrected chi connectivity index (χ3v) is 4.06. The molecule has 0 bridgehead atoms. The predicted molar refractivity (Wildman–Crippen MR) is 76.7 cm³/mol. The number of carboxylic acids is 1. The molecule has 106 valence electrons. The van der Waals surface area contributed by atoms with Crippen molar-refractivity contribution in [2.24, 2.45) is 5.92 Å². The lowest BCUT2D eigenvalue weighted by molar-refractivity contribution is -0.141. The number of benzene rings is 1. The highest BCUT2D eigenvalue weighted by Crippen LogP contribution is 2.26. The largest absolute Gasteiger partial charge is 0.481 e. The number of carboxylic acid groups (broad SMARTS) is 1. The molecule has 0 saturated carbocycles. The first-order valence-corrected chi connectivity index (χ1v) is 7.46. The van der Waals surface area contributed by atoms with Crippen LogP contribution in [0.25, 0.3) is 11.4 Å². The summed E-state index contributed by atoms with van der Waals surface area (Å²) in [6.45, 7) is 3.40. The first kappa shape index (κ1) is 14.6. The Morgan fingerprint density at radius 3 is 2.50 bits per heavy atom. The normalized spacial score (nSPS) is 13.9. The Bertz CT molecular complexity index is 595. The lowest BCUT2D eigenvalue weighted by Gasteiger charge is -2.10. The summed E-state index contributed by atoms with van der Waals surface area (Å²) in [5.74, 6) is -0.927. The van der Waals surface area contributed by atoms with Crippen LogP contribution in [0.15, 0.2) is 33.7 Å². The van der Waals surface area contributed by atoms with Gasteiger partial charge < -0.3 is 9.63 Å². The molecule has 2 aromatic rings. The summed E-state index contributed by atoms with van der Waals surface area (Å²) in [6.07, 6.45) is 2.01. The molecule has 0 aliphatic heterocycles.